The van der Waals surface area contributed by atoms with Gasteiger partial charge in [-0.05, 0) is 13.0 Å². The highest BCUT2D eigenvalue weighted by molar-refractivity contribution is 5.95. The van der Waals surface area contributed by atoms with Crippen molar-refractivity contribution in [1.29, 1.82) is 0 Å². The van der Waals surface area contributed by atoms with E-state index in [-0.39, 0.29) is 18.3 Å². The molecule has 0 aliphatic rings. The maximum Gasteiger partial charge on any atom is 0.311 e. The molecule has 0 saturated carbocycles. The molecule has 0 fully saturated rings. The highest BCUT2D eigenvalue weighted by atomic mass is 16.6. The average Bonchev–Trinajstić information content (AvgIpc) is 2.38. The van der Waals surface area contributed by atoms with Crippen molar-refractivity contribution in [3.05, 3.63) is 40.6 Å². The van der Waals surface area contributed by atoms with Gasteiger partial charge in [0.1, 0.15) is 11.9 Å². The molecular weight excluding hydrogens is 234 g/mol. The molecule has 18 heavy (non-hydrogen) atoms. The largest absolute Gasteiger partial charge is 0.394 e. The van der Waals surface area contributed by atoms with Gasteiger partial charge in [-0.3, -0.25) is 10.1 Å². The van der Waals surface area contributed by atoms with Crippen LogP contribution in [0, 0.1) is 10.1 Å². The van der Waals surface area contributed by atoms with Gasteiger partial charge in [-0.25, -0.2) is 4.98 Å². The molecule has 1 atom stereocenters. The Labute approximate surface area is 103 Å². The Bertz CT molecular complexity index is 586. The second kappa shape index (κ2) is 4.97. The molecule has 0 unspecified atom stereocenters. The van der Waals surface area contributed by atoms with Gasteiger partial charge in [-0.15, -0.1) is 0 Å². The number of para-hydroxylation sites is 1. The lowest BCUT2D eigenvalue weighted by Gasteiger charge is -2.14. The molecule has 2 rings (SSSR count). The molecule has 0 aliphatic carbocycles. The number of aliphatic hydroxyl groups excluding tert-OH is 1. The normalized spacial score (nSPS) is 12.3. The molecular formula is C12H13N3O3. The predicted molar refractivity (Wildman–Crippen MR) is 68.6 cm³/mol. The van der Waals surface area contributed by atoms with Gasteiger partial charge >= 0.3 is 5.69 Å². The second-order valence-electron chi connectivity index (χ2n) is 4.02. The molecule has 0 amide bonds. The summed E-state index contributed by atoms with van der Waals surface area (Å²) in [6, 6.07) is 6.90. The Kier molecular flexibility index (Phi) is 3.38. The Morgan fingerprint density at radius 3 is 2.89 bits per heavy atom. The fourth-order valence-electron chi connectivity index (χ4n) is 1.71. The van der Waals surface area contributed by atoms with Gasteiger partial charge < -0.3 is 10.4 Å². The zero-order chi connectivity index (χ0) is 13.1. The Balaban J connectivity index is 2.62. The molecule has 1 aromatic heterocycles. The van der Waals surface area contributed by atoms with Crippen molar-refractivity contribution in [2.45, 2.75) is 13.0 Å². The summed E-state index contributed by atoms with van der Waals surface area (Å²) in [5.74, 6) is 0. The van der Waals surface area contributed by atoms with Crippen molar-refractivity contribution in [3.63, 3.8) is 0 Å². The van der Waals surface area contributed by atoms with Crippen molar-refractivity contribution in [3.8, 4) is 0 Å². The van der Waals surface area contributed by atoms with E-state index in [1.165, 1.54) is 6.20 Å². The summed E-state index contributed by atoms with van der Waals surface area (Å²) in [5.41, 5.74) is 0.983. The van der Waals surface area contributed by atoms with E-state index in [1.54, 1.807) is 25.1 Å². The first-order valence-corrected chi connectivity index (χ1v) is 5.53. The van der Waals surface area contributed by atoms with Crippen LogP contribution in [0.4, 0.5) is 11.4 Å². The van der Waals surface area contributed by atoms with Crippen LogP contribution in [0.2, 0.25) is 0 Å². The summed E-state index contributed by atoms with van der Waals surface area (Å²) in [7, 11) is 0. The summed E-state index contributed by atoms with van der Waals surface area (Å²) in [6.07, 6.45) is 1.23. The minimum atomic E-state index is -0.480. The standard InChI is InChI=1S/C12H13N3O3/c1-8(7-16)14-12-9-4-2-3-5-10(9)13-6-11(12)15(17)18/h2-6,8,16H,7H2,1H3,(H,13,14)/t8-/m0/s1. The first-order chi connectivity index (χ1) is 8.63. The lowest BCUT2D eigenvalue weighted by Crippen LogP contribution is -2.20. The molecule has 0 saturated heterocycles. The van der Waals surface area contributed by atoms with E-state index in [4.69, 9.17) is 5.11 Å². The second-order valence-corrected chi connectivity index (χ2v) is 4.02. The zero-order valence-corrected chi connectivity index (χ0v) is 9.83. The number of aromatic nitrogens is 1. The number of aliphatic hydroxyl groups is 1. The number of hydrogen-bond acceptors (Lipinski definition) is 5. The van der Waals surface area contributed by atoms with E-state index >= 15 is 0 Å². The fourth-order valence-corrected chi connectivity index (χ4v) is 1.71. The Morgan fingerprint density at radius 1 is 1.50 bits per heavy atom. The van der Waals surface area contributed by atoms with Crippen molar-refractivity contribution in [2.24, 2.45) is 0 Å². The van der Waals surface area contributed by atoms with Crippen LogP contribution in [-0.2, 0) is 0 Å². The Morgan fingerprint density at radius 2 is 2.22 bits per heavy atom. The summed E-state index contributed by atoms with van der Waals surface area (Å²) in [4.78, 5) is 14.6. The SMILES string of the molecule is C[C@@H](CO)Nc1c([N+](=O)[O-])cnc2ccccc12. The molecule has 0 spiro atoms. The fraction of sp³-hybridized carbons (Fsp3) is 0.250. The highest BCUT2D eigenvalue weighted by Crippen LogP contribution is 2.31. The topological polar surface area (TPSA) is 88.3 Å². The van der Waals surface area contributed by atoms with E-state index in [2.05, 4.69) is 10.3 Å². The van der Waals surface area contributed by atoms with Crippen LogP contribution in [0.1, 0.15) is 6.92 Å². The van der Waals surface area contributed by atoms with E-state index in [9.17, 15) is 10.1 Å². The number of fused-ring (bicyclic) bond motifs is 1. The Hall–Kier alpha value is -2.21. The molecule has 6 heteroatoms. The van der Waals surface area contributed by atoms with E-state index < -0.39 is 4.92 Å². The summed E-state index contributed by atoms with van der Waals surface area (Å²) in [5, 5.41) is 23.7. The van der Waals surface area contributed by atoms with E-state index in [0.717, 1.165) is 0 Å². The summed E-state index contributed by atoms with van der Waals surface area (Å²) >= 11 is 0. The van der Waals surface area contributed by atoms with Crippen LogP contribution in [0.25, 0.3) is 10.9 Å². The maximum absolute atomic E-state index is 11.0. The van der Waals surface area contributed by atoms with Gasteiger partial charge in [0, 0.05) is 11.4 Å². The molecule has 6 nitrogen and oxygen atoms in total. The van der Waals surface area contributed by atoms with Crippen LogP contribution < -0.4 is 5.32 Å². The van der Waals surface area contributed by atoms with Crippen molar-refractivity contribution < 1.29 is 10.0 Å². The van der Waals surface area contributed by atoms with Gasteiger partial charge in [0.15, 0.2) is 0 Å². The molecule has 0 radical (unpaired) electrons. The number of pyridine rings is 1. The number of nitro groups is 1. The van der Waals surface area contributed by atoms with Gasteiger partial charge in [-0.2, -0.15) is 0 Å². The number of anilines is 1. The number of nitrogens with one attached hydrogen (secondary N) is 1. The third kappa shape index (κ3) is 2.23. The smallest absolute Gasteiger partial charge is 0.311 e. The molecule has 1 aromatic carbocycles. The third-order valence-electron chi connectivity index (χ3n) is 2.62. The van der Waals surface area contributed by atoms with E-state index in [1.807, 2.05) is 6.07 Å². The van der Waals surface area contributed by atoms with Gasteiger partial charge in [0.25, 0.3) is 0 Å². The molecule has 0 aliphatic heterocycles. The number of hydrogen-bond donors (Lipinski definition) is 2. The number of benzene rings is 1. The zero-order valence-electron chi connectivity index (χ0n) is 9.83. The van der Waals surface area contributed by atoms with Crippen molar-refractivity contribution >= 4 is 22.3 Å². The van der Waals surface area contributed by atoms with Crippen LogP contribution in [0.3, 0.4) is 0 Å². The molecule has 2 N–H and O–H groups in total. The van der Waals surface area contributed by atoms with Gasteiger partial charge in [-0.1, -0.05) is 18.2 Å². The lowest BCUT2D eigenvalue weighted by molar-refractivity contribution is -0.384. The molecule has 0 bridgehead atoms. The van der Waals surface area contributed by atoms with Crippen molar-refractivity contribution in [2.75, 3.05) is 11.9 Å². The number of rotatable bonds is 4. The van der Waals surface area contributed by atoms with Crippen molar-refractivity contribution in [1.82, 2.24) is 4.98 Å². The van der Waals surface area contributed by atoms with Gasteiger partial charge in [0.2, 0.25) is 0 Å². The monoisotopic (exact) mass is 247 g/mol. The molecule has 2 aromatic rings. The first-order valence-electron chi connectivity index (χ1n) is 5.53. The van der Waals surface area contributed by atoms with Crippen LogP contribution >= 0.6 is 0 Å². The number of nitrogens with zero attached hydrogens (tertiary/aromatic N) is 2. The third-order valence-corrected chi connectivity index (χ3v) is 2.62. The lowest BCUT2D eigenvalue weighted by atomic mass is 10.1. The molecule has 94 valence electrons. The summed E-state index contributed by atoms with van der Waals surface area (Å²) in [6.45, 7) is 1.65. The van der Waals surface area contributed by atoms with E-state index in [0.29, 0.717) is 16.6 Å². The van der Waals surface area contributed by atoms with Crippen LogP contribution in [0.15, 0.2) is 30.5 Å². The minimum Gasteiger partial charge on any atom is -0.394 e. The van der Waals surface area contributed by atoms with Crippen LogP contribution in [-0.4, -0.2) is 27.7 Å². The highest BCUT2D eigenvalue weighted by Gasteiger charge is 2.18. The van der Waals surface area contributed by atoms with Gasteiger partial charge in [0.05, 0.1) is 17.0 Å². The van der Waals surface area contributed by atoms with Crippen LogP contribution in [0.5, 0.6) is 0 Å². The quantitative estimate of drug-likeness (QED) is 0.636. The molecule has 1 heterocycles. The average molecular weight is 247 g/mol. The predicted octanol–water partition coefficient (Wildman–Crippen LogP) is 1.94. The first kappa shape index (κ1) is 12.3. The minimum absolute atomic E-state index is 0.0889. The maximum atomic E-state index is 11.0. The summed E-state index contributed by atoms with van der Waals surface area (Å²) < 4.78 is 0.